The highest BCUT2D eigenvalue weighted by molar-refractivity contribution is 6.09. The Morgan fingerprint density at radius 1 is 1.03 bits per heavy atom. The van der Waals surface area contributed by atoms with E-state index in [2.05, 4.69) is 19.9 Å². The van der Waals surface area contributed by atoms with Crippen LogP contribution in [0.5, 0.6) is 0 Å². The van der Waals surface area contributed by atoms with E-state index in [0.29, 0.717) is 11.9 Å². The average Bonchev–Trinajstić information content (AvgIpc) is 2.99. The van der Waals surface area contributed by atoms with Crippen molar-refractivity contribution in [3.8, 4) is 11.1 Å². The summed E-state index contributed by atoms with van der Waals surface area (Å²) >= 11 is 0. The van der Waals surface area contributed by atoms with Crippen LogP contribution in [0.1, 0.15) is 28.9 Å². The molecule has 1 aliphatic heterocycles. The van der Waals surface area contributed by atoms with Crippen LogP contribution in [-0.2, 0) is 10.3 Å². The molecule has 2 aromatic heterocycles. The Morgan fingerprint density at radius 3 is 2.31 bits per heavy atom. The van der Waals surface area contributed by atoms with Crippen LogP contribution in [-0.4, -0.2) is 38.8 Å². The molecule has 1 atom stereocenters. The van der Waals surface area contributed by atoms with Crippen molar-refractivity contribution < 1.29 is 22.4 Å². The van der Waals surface area contributed by atoms with Crippen molar-refractivity contribution in [2.24, 2.45) is 10.7 Å². The number of aryl methyl sites for hydroxylation is 1. The minimum absolute atomic E-state index is 0.102. The Bertz CT molecular complexity index is 1250. The lowest BCUT2D eigenvalue weighted by Crippen LogP contribution is -2.41. The molecule has 0 aliphatic carbocycles. The molecule has 0 radical (unpaired) electrons. The molecule has 7 nitrogen and oxygen atoms in total. The highest BCUT2D eigenvalue weighted by Crippen LogP contribution is 2.42. The van der Waals surface area contributed by atoms with E-state index in [9.17, 15) is 18.0 Å². The van der Waals surface area contributed by atoms with Crippen molar-refractivity contribution in [2.45, 2.75) is 18.9 Å². The van der Waals surface area contributed by atoms with E-state index >= 15 is 4.39 Å². The number of nitrogens with two attached hydrogens (primary N) is 1. The number of hydrogen-bond acceptors (Lipinski definition) is 6. The second kappa shape index (κ2) is 7.66. The fraction of sp³-hybridized carbons (Fsp3) is 0.190. The Labute approximate surface area is 179 Å². The van der Waals surface area contributed by atoms with Crippen LogP contribution in [0.3, 0.4) is 0 Å². The van der Waals surface area contributed by atoms with Crippen LogP contribution in [0.4, 0.5) is 17.6 Å². The maximum absolute atomic E-state index is 15.2. The van der Waals surface area contributed by atoms with Gasteiger partial charge in [0.25, 0.3) is 12.3 Å². The number of aliphatic imine (C=N–C) groups is 1. The Balaban J connectivity index is 2.02. The van der Waals surface area contributed by atoms with Gasteiger partial charge in [0, 0.05) is 65.7 Å². The summed E-state index contributed by atoms with van der Waals surface area (Å²) < 4.78 is 56.5. The van der Waals surface area contributed by atoms with Crippen molar-refractivity contribution in [3.05, 3.63) is 77.1 Å². The molecular weight excluding hydrogens is 428 g/mol. The zero-order valence-corrected chi connectivity index (χ0v) is 16.9. The Morgan fingerprint density at radius 2 is 1.72 bits per heavy atom. The molecule has 3 aromatic rings. The van der Waals surface area contributed by atoms with Crippen LogP contribution in [0.2, 0.25) is 0 Å². The fourth-order valence-corrected chi connectivity index (χ4v) is 3.51. The minimum Gasteiger partial charge on any atom is -0.369 e. The van der Waals surface area contributed by atoms with Gasteiger partial charge in [0.05, 0.1) is 0 Å². The van der Waals surface area contributed by atoms with Crippen LogP contribution in [0.15, 0.2) is 48.0 Å². The van der Waals surface area contributed by atoms with Crippen LogP contribution in [0.25, 0.3) is 11.1 Å². The Hall–Kier alpha value is -3.89. The molecule has 0 saturated heterocycles. The van der Waals surface area contributed by atoms with Gasteiger partial charge in [-0.25, -0.2) is 32.5 Å². The maximum Gasteiger partial charge on any atom is 0.266 e. The summed E-state index contributed by atoms with van der Waals surface area (Å²) in [6, 6.07) is 2.68. The number of guanidine groups is 1. The predicted molar refractivity (Wildman–Crippen MR) is 106 cm³/mol. The number of aromatic nitrogens is 3. The second-order valence-corrected chi connectivity index (χ2v) is 7.18. The summed E-state index contributed by atoms with van der Waals surface area (Å²) in [5.74, 6) is -2.67. The summed E-state index contributed by atoms with van der Waals surface area (Å²) in [5.41, 5.74) is 2.78. The normalized spacial score (nSPS) is 18.4. The molecule has 0 saturated carbocycles. The van der Waals surface area contributed by atoms with Crippen LogP contribution < -0.4 is 5.73 Å². The summed E-state index contributed by atoms with van der Waals surface area (Å²) in [7, 11) is 1.31. The number of rotatable bonds is 4. The zero-order valence-electron chi connectivity index (χ0n) is 16.9. The second-order valence-electron chi connectivity index (χ2n) is 7.18. The largest absolute Gasteiger partial charge is 0.369 e. The van der Waals surface area contributed by atoms with Crippen LogP contribution in [0, 0.1) is 18.6 Å². The summed E-state index contributed by atoms with van der Waals surface area (Å²) in [4.78, 5) is 30.2. The standard InChI is InChI=1S/C21H16F4N6O/c1-10-28-7-12(8-29-10)14-4-15(17(23)5-16(14)22)21(19(32)31(2)20(26)30-21)13-3-11(18(24)25)6-27-9-13/h3-9,18H,1-2H3,(H2,26,30). The number of amides is 1. The number of nitrogens with zero attached hydrogens (tertiary/aromatic N) is 5. The number of benzene rings is 1. The van der Waals surface area contributed by atoms with Gasteiger partial charge < -0.3 is 5.73 Å². The smallest absolute Gasteiger partial charge is 0.266 e. The third kappa shape index (κ3) is 3.26. The van der Waals surface area contributed by atoms with Crippen molar-refractivity contribution in [1.82, 2.24) is 19.9 Å². The summed E-state index contributed by atoms with van der Waals surface area (Å²) in [6.45, 7) is 1.64. The number of halogens is 4. The highest BCUT2D eigenvalue weighted by atomic mass is 19.3. The molecule has 1 unspecified atom stereocenters. The first kappa shape index (κ1) is 21.3. The number of pyridine rings is 1. The minimum atomic E-state index is -2.90. The molecule has 164 valence electrons. The van der Waals surface area contributed by atoms with Crippen LogP contribution >= 0.6 is 0 Å². The van der Waals surface area contributed by atoms with E-state index in [1.807, 2.05) is 0 Å². The molecular formula is C21H16F4N6O. The van der Waals surface area contributed by atoms with Gasteiger partial charge in [-0.3, -0.25) is 14.7 Å². The molecule has 1 amide bonds. The first-order chi connectivity index (χ1) is 15.1. The number of hydrogen-bond donors (Lipinski definition) is 1. The number of carbonyl (C=O) groups is 1. The van der Waals surface area contributed by atoms with E-state index in [1.165, 1.54) is 19.4 Å². The van der Waals surface area contributed by atoms with Gasteiger partial charge >= 0.3 is 0 Å². The first-order valence-electron chi connectivity index (χ1n) is 9.30. The summed E-state index contributed by atoms with van der Waals surface area (Å²) in [5, 5.41) is 0. The molecule has 0 fully saturated rings. The van der Waals surface area contributed by atoms with Crippen molar-refractivity contribution in [2.75, 3.05) is 7.05 Å². The monoisotopic (exact) mass is 444 g/mol. The lowest BCUT2D eigenvalue weighted by Gasteiger charge is -2.27. The van der Waals surface area contributed by atoms with Crippen molar-refractivity contribution in [1.29, 1.82) is 0 Å². The predicted octanol–water partition coefficient (Wildman–Crippen LogP) is 3.09. The molecule has 11 heteroatoms. The number of likely N-dealkylation sites (N-methyl/N-ethyl adjacent to an activating group) is 1. The molecule has 2 N–H and O–H groups in total. The molecule has 1 aromatic carbocycles. The first-order valence-corrected chi connectivity index (χ1v) is 9.30. The third-order valence-corrected chi connectivity index (χ3v) is 5.21. The maximum atomic E-state index is 15.2. The topological polar surface area (TPSA) is 97.4 Å². The lowest BCUT2D eigenvalue weighted by molar-refractivity contribution is -0.129. The van der Waals surface area contributed by atoms with E-state index < -0.39 is 35.1 Å². The molecule has 4 rings (SSSR count). The van der Waals surface area contributed by atoms with Gasteiger partial charge in [-0.15, -0.1) is 0 Å². The van der Waals surface area contributed by atoms with Crippen molar-refractivity contribution in [3.63, 3.8) is 0 Å². The molecule has 0 spiro atoms. The van der Waals surface area contributed by atoms with Crippen molar-refractivity contribution >= 4 is 11.9 Å². The zero-order chi connectivity index (χ0) is 23.2. The SMILES string of the molecule is Cc1ncc(-c2cc(C3(c4cncc(C(F)F)c4)N=C(N)N(C)C3=O)c(F)cc2F)cn1. The van der Waals surface area contributed by atoms with Gasteiger partial charge in [-0.1, -0.05) is 0 Å². The molecule has 32 heavy (non-hydrogen) atoms. The van der Waals surface area contributed by atoms with Gasteiger partial charge in [0.15, 0.2) is 11.5 Å². The number of carbonyl (C=O) groups excluding carboxylic acids is 1. The fourth-order valence-electron chi connectivity index (χ4n) is 3.51. The lowest BCUT2D eigenvalue weighted by atomic mass is 9.81. The van der Waals surface area contributed by atoms with Gasteiger partial charge in [0.1, 0.15) is 17.5 Å². The Kier molecular flexibility index (Phi) is 5.11. The van der Waals surface area contributed by atoms with E-state index in [4.69, 9.17) is 5.73 Å². The van der Waals surface area contributed by atoms with Gasteiger partial charge in [-0.2, -0.15) is 0 Å². The molecule has 1 aliphatic rings. The molecule has 3 heterocycles. The molecule has 0 bridgehead atoms. The van der Waals surface area contributed by atoms with Gasteiger partial charge in [0.2, 0.25) is 0 Å². The third-order valence-electron chi connectivity index (χ3n) is 5.21. The van der Waals surface area contributed by atoms with E-state index in [-0.39, 0.29) is 28.2 Å². The van der Waals surface area contributed by atoms with Gasteiger partial charge in [-0.05, 0) is 19.1 Å². The summed E-state index contributed by atoms with van der Waals surface area (Å²) in [6.07, 6.45) is 1.84. The highest BCUT2D eigenvalue weighted by Gasteiger charge is 2.51. The number of alkyl halides is 2. The quantitative estimate of drug-likeness (QED) is 0.624. The van der Waals surface area contributed by atoms with E-state index in [1.54, 1.807) is 6.92 Å². The average molecular weight is 444 g/mol. The van der Waals surface area contributed by atoms with E-state index in [0.717, 1.165) is 29.4 Å².